The van der Waals surface area contributed by atoms with E-state index in [1.54, 1.807) is 0 Å². The minimum absolute atomic E-state index is 0.0660. The van der Waals surface area contributed by atoms with E-state index in [0.29, 0.717) is 25.6 Å². The number of nitrogens with one attached hydrogen (secondary N) is 4. The van der Waals surface area contributed by atoms with Gasteiger partial charge in [-0.3, -0.25) is 15.5 Å². The first-order valence-corrected chi connectivity index (χ1v) is 12.7. The van der Waals surface area contributed by atoms with Gasteiger partial charge < -0.3 is 42.0 Å². The molecular weight excluding hydrogens is 490 g/mol. The molecule has 2 rings (SSSR count). The second-order valence-electron chi connectivity index (χ2n) is 8.87. The van der Waals surface area contributed by atoms with Crippen molar-refractivity contribution in [3.63, 3.8) is 0 Å². The van der Waals surface area contributed by atoms with Gasteiger partial charge in [0.2, 0.25) is 0 Å². The summed E-state index contributed by atoms with van der Waals surface area (Å²) in [4.78, 5) is 22.2. The van der Waals surface area contributed by atoms with Crippen LogP contribution in [0.5, 0.6) is 0 Å². The lowest BCUT2D eigenvalue weighted by Crippen LogP contribution is -2.45. The SMILES string of the molecule is CC[C@@H](O)COC[C@@H](O)CNC1CCN(CCCCNC(=N)NC(=O)c2nc(Cl)c(N)nc2N)CC1. The van der Waals surface area contributed by atoms with Gasteiger partial charge in [0.1, 0.15) is 0 Å². The van der Waals surface area contributed by atoms with E-state index in [0.717, 1.165) is 45.3 Å². The summed E-state index contributed by atoms with van der Waals surface area (Å²) in [6, 6.07) is 0.373. The van der Waals surface area contributed by atoms with Crippen molar-refractivity contribution in [1.29, 1.82) is 5.41 Å². The van der Waals surface area contributed by atoms with E-state index in [4.69, 9.17) is 33.2 Å². The Labute approximate surface area is 216 Å². The third-order valence-corrected chi connectivity index (χ3v) is 6.16. The van der Waals surface area contributed by atoms with Gasteiger partial charge in [-0.2, -0.15) is 0 Å². The van der Waals surface area contributed by atoms with Crippen molar-refractivity contribution >= 4 is 35.1 Å². The minimum atomic E-state index is -0.689. The molecule has 1 aromatic heterocycles. The summed E-state index contributed by atoms with van der Waals surface area (Å²) in [5.74, 6) is -1.07. The standard InChI is InChI=1S/C22H40ClN9O4/c1-2-15(33)12-36-13-16(34)11-28-14-5-9-32(10-6-14)8-4-3-7-27-22(26)31-21(35)17-19(24)30-20(25)18(23)29-17/h14-16,28,33-34H,2-13H2,1H3,(H4,24,25,30)(H3,26,27,31,35)/t15-,16+/m1/s1. The molecular formula is C22H40ClN9O4. The number of likely N-dealkylation sites (tertiary alicyclic amines) is 1. The van der Waals surface area contributed by atoms with Crippen LogP contribution in [0.25, 0.3) is 0 Å². The van der Waals surface area contributed by atoms with Gasteiger partial charge in [0, 0.05) is 19.1 Å². The Balaban J connectivity index is 1.52. The molecule has 0 unspecified atom stereocenters. The lowest BCUT2D eigenvalue weighted by molar-refractivity contribution is -0.00884. The molecule has 0 aromatic carbocycles. The van der Waals surface area contributed by atoms with E-state index in [-0.39, 0.29) is 41.7 Å². The highest BCUT2D eigenvalue weighted by atomic mass is 35.5. The molecule has 14 heteroatoms. The number of rotatable bonds is 14. The Kier molecular flexibility index (Phi) is 13.1. The molecule has 36 heavy (non-hydrogen) atoms. The number of aromatic nitrogens is 2. The highest BCUT2D eigenvalue weighted by Gasteiger charge is 2.20. The third-order valence-electron chi connectivity index (χ3n) is 5.88. The first kappa shape index (κ1) is 29.9. The fourth-order valence-electron chi connectivity index (χ4n) is 3.68. The summed E-state index contributed by atoms with van der Waals surface area (Å²) < 4.78 is 5.33. The van der Waals surface area contributed by atoms with Crippen LogP contribution in [-0.2, 0) is 4.74 Å². The first-order valence-electron chi connectivity index (χ1n) is 12.3. The molecule has 0 spiro atoms. The number of hydrogen-bond donors (Lipinski definition) is 8. The molecule has 1 saturated heterocycles. The molecule has 0 aliphatic carbocycles. The van der Waals surface area contributed by atoms with Crippen molar-refractivity contribution in [2.45, 2.75) is 57.3 Å². The molecule has 1 aliphatic rings. The Hall–Kier alpha value is -2.29. The second-order valence-corrected chi connectivity index (χ2v) is 9.23. The van der Waals surface area contributed by atoms with Gasteiger partial charge in [-0.15, -0.1) is 0 Å². The summed E-state index contributed by atoms with van der Waals surface area (Å²) in [6.07, 6.45) is 3.39. The smallest absolute Gasteiger partial charge is 0.280 e. The van der Waals surface area contributed by atoms with Crippen LogP contribution in [0.3, 0.4) is 0 Å². The Morgan fingerprint density at radius 1 is 1.19 bits per heavy atom. The van der Waals surface area contributed by atoms with Crippen LogP contribution in [0.4, 0.5) is 11.6 Å². The van der Waals surface area contributed by atoms with E-state index in [1.807, 2.05) is 6.92 Å². The van der Waals surface area contributed by atoms with Crippen LogP contribution in [0.15, 0.2) is 0 Å². The minimum Gasteiger partial charge on any atom is -0.391 e. The molecule has 204 valence electrons. The molecule has 0 radical (unpaired) electrons. The average Bonchev–Trinajstić information content (AvgIpc) is 2.85. The molecule has 1 aromatic rings. The van der Waals surface area contributed by atoms with Crippen LogP contribution in [-0.4, -0.2) is 101 Å². The van der Waals surface area contributed by atoms with Crippen LogP contribution in [0.1, 0.15) is 49.5 Å². The molecule has 0 bridgehead atoms. The number of aliphatic hydroxyl groups excluding tert-OH is 2. The number of carbonyl (C=O) groups is 1. The zero-order valence-electron chi connectivity index (χ0n) is 20.8. The fourth-order valence-corrected chi connectivity index (χ4v) is 3.81. The number of hydrogen-bond acceptors (Lipinski definition) is 11. The first-order chi connectivity index (χ1) is 17.2. The van der Waals surface area contributed by atoms with Gasteiger partial charge in [-0.25, -0.2) is 9.97 Å². The fraction of sp³-hybridized carbons (Fsp3) is 0.727. The topological polar surface area (TPSA) is 208 Å². The maximum Gasteiger partial charge on any atom is 0.280 e. The number of carbonyl (C=O) groups excluding carboxylic acids is 1. The third kappa shape index (κ3) is 10.8. The molecule has 2 heterocycles. The maximum absolute atomic E-state index is 12.2. The number of piperidine rings is 1. The highest BCUT2D eigenvalue weighted by Crippen LogP contribution is 2.17. The molecule has 13 nitrogen and oxygen atoms in total. The number of unbranched alkanes of at least 4 members (excludes halogenated alkanes) is 1. The summed E-state index contributed by atoms with van der Waals surface area (Å²) in [5, 5.41) is 35.9. The predicted octanol–water partition coefficient (Wildman–Crippen LogP) is -0.469. The van der Waals surface area contributed by atoms with Gasteiger partial charge in [0.05, 0.1) is 25.4 Å². The van der Waals surface area contributed by atoms with Crippen molar-refractivity contribution in [3.8, 4) is 0 Å². The number of guanidine groups is 1. The number of ether oxygens (including phenoxy) is 1. The van der Waals surface area contributed by atoms with Crippen molar-refractivity contribution in [3.05, 3.63) is 10.8 Å². The van der Waals surface area contributed by atoms with E-state index >= 15 is 0 Å². The van der Waals surface area contributed by atoms with Crippen molar-refractivity contribution in [2.75, 3.05) is 57.4 Å². The van der Waals surface area contributed by atoms with Gasteiger partial charge in [-0.1, -0.05) is 18.5 Å². The van der Waals surface area contributed by atoms with Crippen molar-refractivity contribution < 1.29 is 19.7 Å². The number of halogens is 1. The quantitative estimate of drug-likeness (QED) is 0.0877. The van der Waals surface area contributed by atoms with Crippen LogP contribution in [0.2, 0.25) is 5.15 Å². The van der Waals surface area contributed by atoms with E-state index in [9.17, 15) is 15.0 Å². The number of nitrogen functional groups attached to an aromatic ring is 2. The lowest BCUT2D eigenvalue weighted by Gasteiger charge is -2.33. The van der Waals surface area contributed by atoms with Crippen LogP contribution >= 0.6 is 11.6 Å². The summed E-state index contributed by atoms with van der Waals surface area (Å²) >= 11 is 5.78. The zero-order chi connectivity index (χ0) is 26.5. The highest BCUT2D eigenvalue weighted by molar-refractivity contribution is 6.31. The predicted molar refractivity (Wildman–Crippen MR) is 139 cm³/mol. The normalized spacial score (nSPS) is 16.4. The largest absolute Gasteiger partial charge is 0.391 e. The zero-order valence-corrected chi connectivity index (χ0v) is 21.6. The second kappa shape index (κ2) is 15.7. The number of nitrogens with zero attached hydrogens (tertiary/aromatic N) is 3. The summed E-state index contributed by atoms with van der Waals surface area (Å²) in [7, 11) is 0. The van der Waals surface area contributed by atoms with Crippen LogP contribution < -0.4 is 27.4 Å². The average molecular weight is 530 g/mol. The maximum atomic E-state index is 12.2. The Morgan fingerprint density at radius 3 is 2.58 bits per heavy atom. The number of nitrogens with two attached hydrogens (primary N) is 2. The lowest BCUT2D eigenvalue weighted by atomic mass is 10.0. The van der Waals surface area contributed by atoms with E-state index < -0.39 is 18.1 Å². The van der Waals surface area contributed by atoms with Crippen molar-refractivity contribution in [2.24, 2.45) is 0 Å². The van der Waals surface area contributed by atoms with E-state index in [2.05, 4.69) is 30.8 Å². The Morgan fingerprint density at radius 2 is 1.89 bits per heavy atom. The molecule has 1 aliphatic heterocycles. The van der Waals surface area contributed by atoms with E-state index in [1.165, 1.54) is 0 Å². The summed E-state index contributed by atoms with van der Waals surface area (Å²) in [6.45, 7) is 6.30. The molecule has 1 amide bonds. The monoisotopic (exact) mass is 529 g/mol. The molecule has 0 saturated carbocycles. The number of anilines is 2. The molecule has 10 N–H and O–H groups in total. The van der Waals surface area contributed by atoms with Crippen LogP contribution in [0, 0.1) is 5.41 Å². The van der Waals surface area contributed by atoms with Gasteiger partial charge in [0.25, 0.3) is 5.91 Å². The van der Waals surface area contributed by atoms with Gasteiger partial charge >= 0.3 is 0 Å². The Bertz CT molecular complexity index is 840. The molecule has 2 atom stereocenters. The molecule has 1 fully saturated rings. The van der Waals surface area contributed by atoms with Gasteiger partial charge in [0.15, 0.2) is 28.4 Å². The van der Waals surface area contributed by atoms with Gasteiger partial charge in [-0.05, 0) is 51.7 Å². The van der Waals surface area contributed by atoms with Crippen molar-refractivity contribution in [1.82, 2.24) is 30.8 Å². The number of aliphatic hydroxyl groups is 2. The summed E-state index contributed by atoms with van der Waals surface area (Å²) in [5.41, 5.74) is 11.0. The number of amides is 1.